The number of hydrogen-bond donors (Lipinski definition) is 1. The summed E-state index contributed by atoms with van der Waals surface area (Å²) in [5.41, 5.74) is 2.35. The summed E-state index contributed by atoms with van der Waals surface area (Å²) in [7, 11) is 0. The number of halogens is 1. The first-order valence-electron chi connectivity index (χ1n) is 11.1. The van der Waals surface area contributed by atoms with E-state index in [9.17, 15) is 9.90 Å². The Morgan fingerprint density at radius 2 is 1.70 bits per heavy atom. The van der Waals surface area contributed by atoms with E-state index in [-0.39, 0.29) is 30.0 Å². The number of amides is 1. The lowest BCUT2D eigenvalue weighted by molar-refractivity contribution is -0.202. The molecule has 5 rings (SSSR count). The average Bonchev–Trinajstić information content (AvgIpc) is 3.27. The predicted molar refractivity (Wildman–Crippen MR) is 118 cm³/mol. The third-order valence-electron chi connectivity index (χ3n) is 7.49. The SMILES string of the molecule is O=C(C1CCCC1)N1CC2(C1)[C@@H](c1ccccc1)[C@@H](CO)N2Cc1ccc(Cl)cc1. The van der Waals surface area contributed by atoms with Gasteiger partial charge in [0.1, 0.15) is 0 Å². The zero-order valence-corrected chi connectivity index (χ0v) is 18.0. The van der Waals surface area contributed by atoms with E-state index < -0.39 is 0 Å². The van der Waals surface area contributed by atoms with Crippen molar-refractivity contribution in [2.75, 3.05) is 19.7 Å². The van der Waals surface area contributed by atoms with Gasteiger partial charge in [0.2, 0.25) is 5.91 Å². The summed E-state index contributed by atoms with van der Waals surface area (Å²) >= 11 is 6.07. The van der Waals surface area contributed by atoms with E-state index in [1.165, 1.54) is 24.0 Å². The topological polar surface area (TPSA) is 43.8 Å². The molecule has 2 aromatic rings. The molecule has 1 amide bonds. The van der Waals surface area contributed by atoms with Crippen molar-refractivity contribution in [2.45, 2.75) is 49.7 Å². The number of rotatable bonds is 5. The van der Waals surface area contributed by atoms with Crippen LogP contribution in [-0.2, 0) is 11.3 Å². The molecule has 1 aliphatic carbocycles. The van der Waals surface area contributed by atoms with Gasteiger partial charge in [-0.2, -0.15) is 0 Å². The normalized spacial score (nSPS) is 25.9. The molecule has 2 heterocycles. The minimum Gasteiger partial charge on any atom is -0.395 e. The minimum absolute atomic E-state index is 0.0619. The van der Waals surface area contributed by atoms with Crippen LogP contribution in [0.25, 0.3) is 0 Å². The second kappa shape index (κ2) is 7.99. The van der Waals surface area contributed by atoms with Crippen molar-refractivity contribution in [1.82, 2.24) is 9.80 Å². The van der Waals surface area contributed by atoms with Crippen LogP contribution in [0.2, 0.25) is 5.02 Å². The zero-order valence-electron chi connectivity index (χ0n) is 17.2. The summed E-state index contributed by atoms with van der Waals surface area (Å²) in [5.74, 6) is 0.795. The van der Waals surface area contributed by atoms with Gasteiger partial charge in [-0.05, 0) is 36.1 Å². The smallest absolute Gasteiger partial charge is 0.225 e. The minimum atomic E-state index is -0.0946. The highest BCUT2D eigenvalue weighted by molar-refractivity contribution is 6.30. The van der Waals surface area contributed by atoms with E-state index in [1.807, 2.05) is 18.2 Å². The third-order valence-corrected chi connectivity index (χ3v) is 7.75. The van der Waals surface area contributed by atoms with Gasteiger partial charge in [-0.3, -0.25) is 9.69 Å². The van der Waals surface area contributed by atoms with Crippen LogP contribution < -0.4 is 0 Å². The Kier molecular flexibility index (Phi) is 5.34. The Labute approximate surface area is 183 Å². The van der Waals surface area contributed by atoms with Crippen LogP contribution in [0.5, 0.6) is 0 Å². The van der Waals surface area contributed by atoms with Crippen molar-refractivity contribution in [1.29, 1.82) is 0 Å². The van der Waals surface area contributed by atoms with Crippen LogP contribution in [-0.4, -0.2) is 52.1 Å². The maximum Gasteiger partial charge on any atom is 0.225 e. The van der Waals surface area contributed by atoms with Crippen molar-refractivity contribution in [3.05, 3.63) is 70.7 Å². The van der Waals surface area contributed by atoms with Gasteiger partial charge in [0.05, 0.1) is 12.1 Å². The van der Waals surface area contributed by atoms with Gasteiger partial charge in [0.25, 0.3) is 0 Å². The number of benzene rings is 2. The van der Waals surface area contributed by atoms with Gasteiger partial charge < -0.3 is 10.0 Å². The van der Waals surface area contributed by atoms with Crippen molar-refractivity contribution >= 4 is 17.5 Å². The van der Waals surface area contributed by atoms with Crippen molar-refractivity contribution in [3.63, 3.8) is 0 Å². The largest absolute Gasteiger partial charge is 0.395 e. The third kappa shape index (κ3) is 3.26. The van der Waals surface area contributed by atoms with E-state index in [1.54, 1.807) is 0 Å². The highest BCUT2D eigenvalue weighted by Crippen LogP contribution is 2.54. The number of hydrogen-bond acceptors (Lipinski definition) is 3. The fraction of sp³-hybridized carbons (Fsp3) is 0.480. The highest BCUT2D eigenvalue weighted by atomic mass is 35.5. The molecule has 5 heteroatoms. The van der Waals surface area contributed by atoms with E-state index in [2.05, 4.69) is 46.2 Å². The Balaban J connectivity index is 1.40. The van der Waals surface area contributed by atoms with Gasteiger partial charge in [-0.25, -0.2) is 0 Å². The maximum atomic E-state index is 13.0. The number of aliphatic hydroxyl groups excluding tert-OH is 1. The summed E-state index contributed by atoms with van der Waals surface area (Å²) < 4.78 is 0. The summed E-state index contributed by atoms with van der Waals surface area (Å²) in [5, 5.41) is 11.0. The molecule has 2 aromatic carbocycles. The number of likely N-dealkylation sites (tertiary alicyclic amines) is 2. The molecular weight excluding hydrogens is 396 g/mol. The number of nitrogens with zero attached hydrogens (tertiary/aromatic N) is 2. The molecule has 3 fully saturated rings. The Hall–Kier alpha value is -1.88. The first-order valence-corrected chi connectivity index (χ1v) is 11.5. The quantitative estimate of drug-likeness (QED) is 0.786. The molecule has 0 aromatic heterocycles. The molecule has 4 nitrogen and oxygen atoms in total. The Morgan fingerprint density at radius 1 is 1.03 bits per heavy atom. The fourth-order valence-corrected chi connectivity index (χ4v) is 6.13. The number of carbonyl (C=O) groups excluding carboxylic acids is 1. The molecule has 0 bridgehead atoms. The lowest BCUT2D eigenvalue weighted by Crippen LogP contribution is -2.84. The van der Waals surface area contributed by atoms with Crippen molar-refractivity contribution < 1.29 is 9.90 Å². The monoisotopic (exact) mass is 424 g/mol. The van der Waals surface area contributed by atoms with Crippen LogP contribution in [0.15, 0.2) is 54.6 Å². The van der Waals surface area contributed by atoms with E-state index >= 15 is 0 Å². The fourth-order valence-electron chi connectivity index (χ4n) is 6.00. The lowest BCUT2D eigenvalue weighted by Gasteiger charge is -2.71. The van der Waals surface area contributed by atoms with Gasteiger partial charge in [-0.1, -0.05) is 66.9 Å². The summed E-state index contributed by atoms with van der Waals surface area (Å²) in [4.78, 5) is 17.5. The molecule has 3 aliphatic rings. The van der Waals surface area contributed by atoms with Crippen LogP contribution in [0.1, 0.15) is 42.7 Å². The molecule has 1 spiro atoms. The maximum absolute atomic E-state index is 13.0. The standard InChI is InChI=1S/C25H29ClN2O2/c26-21-12-10-18(11-13-21)14-28-22(15-29)23(19-6-2-1-3-7-19)25(28)16-27(17-25)24(30)20-8-4-5-9-20/h1-3,6-7,10-13,20,22-23,29H,4-5,8-9,14-17H2/t22-,23+/m1/s1. The molecule has 1 N–H and O–H groups in total. The van der Waals surface area contributed by atoms with Gasteiger partial charge in [0.15, 0.2) is 0 Å². The van der Waals surface area contributed by atoms with Crippen LogP contribution in [0.4, 0.5) is 0 Å². The second-order valence-electron chi connectivity index (χ2n) is 9.17. The van der Waals surface area contributed by atoms with E-state index in [0.29, 0.717) is 5.91 Å². The summed E-state index contributed by atoms with van der Waals surface area (Å²) in [6.45, 7) is 2.39. The number of carbonyl (C=O) groups is 1. The van der Waals surface area contributed by atoms with Crippen LogP contribution in [0.3, 0.4) is 0 Å². The van der Waals surface area contributed by atoms with E-state index in [4.69, 9.17) is 11.6 Å². The number of aliphatic hydroxyl groups is 1. The molecule has 0 unspecified atom stereocenters. The Bertz CT molecular complexity index is 889. The highest BCUT2D eigenvalue weighted by Gasteiger charge is 2.66. The second-order valence-corrected chi connectivity index (χ2v) is 9.61. The van der Waals surface area contributed by atoms with Gasteiger partial charge in [0, 0.05) is 42.5 Å². The first-order chi connectivity index (χ1) is 14.6. The van der Waals surface area contributed by atoms with Crippen LogP contribution >= 0.6 is 11.6 Å². The molecule has 1 saturated carbocycles. The molecular formula is C25H29ClN2O2. The summed E-state index contributed by atoms with van der Waals surface area (Å²) in [6.07, 6.45) is 4.44. The molecule has 2 atom stereocenters. The molecule has 158 valence electrons. The van der Waals surface area contributed by atoms with Crippen LogP contribution in [0, 0.1) is 5.92 Å². The van der Waals surface area contributed by atoms with Crippen molar-refractivity contribution in [2.24, 2.45) is 5.92 Å². The van der Waals surface area contributed by atoms with E-state index in [0.717, 1.165) is 37.5 Å². The average molecular weight is 425 g/mol. The van der Waals surface area contributed by atoms with Gasteiger partial charge in [-0.15, -0.1) is 0 Å². The van der Waals surface area contributed by atoms with Gasteiger partial charge >= 0.3 is 0 Å². The molecule has 30 heavy (non-hydrogen) atoms. The molecule has 2 aliphatic heterocycles. The van der Waals surface area contributed by atoms with Crippen molar-refractivity contribution in [3.8, 4) is 0 Å². The lowest BCUT2D eigenvalue weighted by atomic mass is 9.60. The zero-order chi connectivity index (χ0) is 20.7. The molecule has 2 saturated heterocycles. The molecule has 0 radical (unpaired) electrons. The summed E-state index contributed by atoms with van der Waals surface area (Å²) in [6, 6.07) is 18.5. The Morgan fingerprint density at radius 3 is 2.33 bits per heavy atom. The first kappa shape index (κ1) is 20.0. The predicted octanol–water partition coefficient (Wildman–Crippen LogP) is 4.07.